The molecule has 0 aliphatic carbocycles. The maximum Gasteiger partial charge on any atom is 0.247 e. The Labute approximate surface area is 104 Å². The molecule has 5 nitrogen and oxygen atoms in total. The molecule has 0 bridgehead atoms. The minimum absolute atomic E-state index is 0.528. The largest absolute Gasteiger partial charge is 0.423 e. The molecule has 5 heteroatoms. The topological polar surface area (TPSA) is 66.7 Å². The summed E-state index contributed by atoms with van der Waals surface area (Å²) in [5, 5.41) is 10.9. The van der Waals surface area contributed by atoms with Gasteiger partial charge in [0, 0.05) is 30.2 Å². The number of rotatable bonds is 4. The molecular formula is C13H12N4O. The Bertz CT molecular complexity index is 602. The summed E-state index contributed by atoms with van der Waals surface area (Å²) < 4.78 is 5.17. The maximum absolute atomic E-state index is 5.17. The molecule has 0 aliphatic heterocycles. The van der Waals surface area contributed by atoms with Crippen molar-refractivity contribution in [3.8, 4) is 11.5 Å². The zero-order valence-corrected chi connectivity index (χ0v) is 9.63. The van der Waals surface area contributed by atoms with Crippen LogP contribution in [0.3, 0.4) is 0 Å². The summed E-state index contributed by atoms with van der Waals surface area (Å²) in [4.78, 5) is 3.03. The summed E-state index contributed by atoms with van der Waals surface area (Å²) in [6, 6.07) is 9.93. The lowest BCUT2D eigenvalue weighted by atomic mass is 10.2. The van der Waals surface area contributed by atoms with E-state index in [9.17, 15) is 0 Å². The van der Waals surface area contributed by atoms with E-state index in [4.69, 9.17) is 4.42 Å². The zero-order valence-electron chi connectivity index (χ0n) is 9.63. The summed E-state index contributed by atoms with van der Waals surface area (Å²) in [6.07, 6.45) is 5.20. The molecule has 90 valence electrons. The molecule has 2 N–H and O–H groups in total. The van der Waals surface area contributed by atoms with Crippen LogP contribution in [0.15, 0.2) is 53.5 Å². The van der Waals surface area contributed by atoms with Crippen molar-refractivity contribution in [2.24, 2.45) is 0 Å². The van der Waals surface area contributed by atoms with Crippen LogP contribution in [-0.2, 0) is 6.54 Å². The third-order valence-electron chi connectivity index (χ3n) is 2.63. The van der Waals surface area contributed by atoms with E-state index in [2.05, 4.69) is 20.5 Å². The van der Waals surface area contributed by atoms with Crippen molar-refractivity contribution in [1.29, 1.82) is 0 Å². The summed E-state index contributed by atoms with van der Waals surface area (Å²) in [5.74, 6) is 0.528. The van der Waals surface area contributed by atoms with Gasteiger partial charge in [-0.15, -0.1) is 10.2 Å². The number of nitrogens with zero attached hydrogens (tertiary/aromatic N) is 2. The smallest absolute Gasteiger partial charge is 0.247 e. The van der Waals surface area contributed by atoms with E-state index in [0.717, 1.165) is 17.8 Å². The second-order valence-electron chi connectivity index (χ2n) is 3.90. The Balaban J connectivity index is 1.75. The normalized spacial score (nSPS) is 10.4. The standard InChI is InChI=1S/C13H12N4O/c1-2-11(13-17-16-9-18-13)6-12(3-1)15-8-10-4-5-14-7-10/h1-7,9,14-15H,8H2. The molecule has 3 rings (SSSR count). The van der Waals surface area contributed by atoms with Gasteiger partial charge >= 0.3 is 0 Å². The molecule has 2 aromatic heterocycles. The van der Waals surface area contributed by atoms with E-state index in [1.807, 2.05) is 42.7 Å². The second kappa shape index (κ2) is 4.75. The number of nitrogens with one attached hydrogen (secondary N) is 2. The fourth-order valence-corrected chi connectivity index (χ4v) is 1.73. The first-order valence-corrected chi connectivity index (χ1v) is 5.64. The molecule has 3 aromatic rings. The number of H-pyrrole nitrogens is 1. The number of anilines is 1. The molecule has 0 saturated carbocycles. The summed E-state index contributed by atoms with van der Waals surface area (Å²) in [6.45, 7) is 0.775. The third-order valence-corrected chi connectivity index (χ3v) is 2.63. The molecule has 1 aromatic carbocycles. The van der Waals surface area contributed by atoms with Crippen molar-refractivity contribution in [1.82, 2.24) is 15.2 Å². The fourth-order valence-electron chi connectivity index (χ4n) is 1.73. The molecule has 18 heavy (non-hydrogen) atoms. The Morgan fingerprint density at radius 3 is 3.06 bits per heavy atom. The van der Waals surface area contributed by atoms with Gasteiger partial charge in [0.1, 0.15) is 0 Å². The van der Waals surface area contributed by atoms with Crippen LogP contribution in [0.25, 0.3) is 11.5 Å². The number of hydrogen-bond donors (Lipinski definition) is 2. The van der Waals surface area contributed by atoms with Gasteiger partial charge < -0.3 is 14.7 Å². The first kappa shape index (κ1) is 10.6. The van der Waals surface area contributed by atoms with Gasteiger partial charge in [0.25, 0.3) is 0 Å². The van der Waals surface area contributed by atoms with Crippen LogP contribution in [0.2, 0.25) is 0 Å². The average Bonchev–Trinajstić information content (AvgIpc) is 3.10. The maximum atomic E-state index is 5.17. The van der Waals surface area contributed by atoms with Gasteiger partial charge in [-0.05, 0) is 29.8 Å². The Hall–Kier alpha value is -2.56. The number of aromatic nitrogens is 3. The molecule has 0 atom stereocenters. The van der Waals surface area contributed by atoms with Crippen LogP contribution in [0.4, 0.5) is 5.69 Å². The van der Waals surface area contributed by atoms with Crippen molar-refractivity contribution >= 4 is 5.69 Å². The predicted octanol–water partition coefficient (Wildman–Crippen LogP) is 2.68. The van der Waals surface area contributed by atoms with Crippen molar-refractivity contribution in [2.75, 3.05) is 5.32 Å². The van der Waals surface area contributed by atoms with Gasteiger partial charge in [0.2, 0.25) is 12.3 Å². The van der Waals surface area contributed by atoms with Gasteiger partial charge in [-0.1, -0.05) is 6.07 Å². The summed E-state index contributed by atoms with van der Waals surface area (Å²) in [7, 11) is 0. The second-order valence-corrected chi connectivity index (χ2v) is 3.90. The summed E-state index contributed by atoms with van der Waals surface area (Å²) >= 11 is 0. The van der Waals surface area contributed by atoms with Crippen LogP contribution in [0.1, 0.15) is 5.56 Å². The predicted molar refractivity (Wildman–Crippen MR) is 67.9 cm³/mol. The highest BCUT2D eigenvalue weighted by Crippen LogP contribution is 2.20. The van der Waals surface area contributed by atoms with Crippen LogP contribution in [0.5, 0.6) is 0 Å². The number of aromatic amines is 1. The van der Waals surface area contributed by atoms with E-state index in [1.165, 1.54) is 12.0 Å². The highest BCUT2D eigenvalue weighted by molar-refractivity contribution is 5.60. The molecule has 0 unspecified atom stereocenters. The van der Waals surface area contributed by atoms with Gasteiger partial charge in [0.15, 0.2) is 0 Å². The van der Waals surface area contributed by atoms with Gasteiger partial charge in [-0.3, -0.25) is 0 Å². The lowest BCUT2D eigenvalue weighted by molar-refractivity contribution is 0.568. The van der Waals surface area contributed by atoms with Gasteiger partial charge in [-0.2, -0.15) is 0 Å². The molecule has 0 saturated heterocycles. The first-order valence-electron chi connectivity index (χ1n) is 5.64. The zero-order chi connectivity index (χ0) is 12.2. The fraction of sp³-hybridized carbons (Fsp3) is 0.0769. The lowest BCUT2D eigenvalue weighted by Crippen LogP contribution is -1.98. The highest BCUT2D eigenvalue weighted by Gasteiger charge is 2.03. The van der Waals surface area contributed by atoms with Gasteiger partial charge in [0.05, 0.1) is 0 Å². The van der Waals surface area contributed by atoms with E-state index in [1.54, 1.807) is 0 Å². The van der Waals surface area contributed by atoms with E-state index in [0.29, 0.717) is 5.89 Å². The monoisotopic (exact) mass is 240 g/mol. The minimum Gasteiger partial charge on any atom is -0.423 e. The summed E-state index contributed by atoms with van der Waals surface area (Å²) in [5.41, 5.74) is 3.14. The average molecular weight is 240 g/mol. The van der Waals surface area contributed by atoms with Crippen molar-refractivity contribution in [2.45, 2.75) is 6.54 Å². The minimum atomic E-state index is 0.528. The Morgan fingerprint density at radius 2 is 2.28 bits per heavy atom. The SMILES string of the molecule is c1cc(NCc2cc[nH]c2)cc(-c2nnco2)c1. The van der Waals surface area contributed by atoms with Crippen molar-refractivity contribution in [3.05, 3.63) is 54.7 Å². The Morgan fingerprint density at radius 1 is 1.28 bits per heavy atom. The lowest BCUT2D eigenvalue weighted by Gasteiger charge is -2.05. The molecule has 2 heterocycles. The first-order chi connectivity index (χ1) is 8.92. The number of benzene rings is 1. The molecule has 0 amide bonds. The van der Waals surface area contributed by atoms with E-state index >= 15 is 0 Å². The van der Waals surface area contributed by atoms with Gasteiger partial charge in [-0.25, -0.2) is 0 Å². The Kier molecular flexibility index (Phi) is 2.79. The molecule has 0 fully saturated rings. The van der Waals surface area contributed by atoms with E-state index in [-0.39, 0.29) is 0 Å². The number of hydrogen-bond acceptors (Lipinski definition) is 4. The molecule has 0 radical (unpaired) electrons. The molecular weight excluding hydrogens is 228 g/mol. The van der Waals surface area contributed by atoms with Crippen LogP contribution >= 0.6 is 0 Å². The van der Waals surface area contributed by atoms with E-state index < -0.39 is 0 Å². The van der Waals surface area contributed by atoms with Crippen LogP contribution in [-0.4, -0.2) is 15.2 Å². The highest BCUT2D eigenvalue weighted by atomic mass is 16.4. The molecule has 0 aliphatic rings. The quantitative estimate of drug-likeness (QED) is 0.735. The van der Waals surface area contributed by atoms with Crippen LogP contribution in [0, 0.1) is 0 Å². The third kappa shape index (κ3) is 2.24. The van der Waals surface area contributed by atoms with Crippen LogP contribution < -0.4 is 5.32 Å². The van der Waals surface area contributed by atoms with Crippen molar-refractivity contribution in [3.63, 3.8) is 0 Å². The molecule has 0 spiro atoms. The van der Waals surface area contributed by atoms with Crippen molar-refractivity contribution < 1.29 is 4.42 Å².